The first-order chi connectivity index (χ1) is 9.77. The molecule has 3 heteroatoms. The van der Waals surface area contributed by atoms with Gasteiger partial charge in [-0.2, -0.15) is 0 Å². The van der Waals surface area contributed by atoms with Crippen molar-refractivity contribution in [2.45, 2.75) is 69.6 Å². The minimum Gasteiger partial charge on any atom is -0.370 e. The second-order valence-electron chi connectivity index (χ2n) is 6.44. The Morgan fingerprint density at radius 3 is 2.95 bits per heavy atom. The zero-order valence-electron chi connectivity index (χ0n) is 12.5. The molecule has 1 saturated carbocycles. The van der Waals surface area contributed by atoms with Gasteiger partial charge in [0.2, 0.25) is 0 Å². The first kappa shape index (κ1) is 14.0. The molecule has 1 aromatic heterocycles. The molecule has 2 aliphatic rings. The van der Waals surface area contributed by atoms with Gasteiger partial charge in [-0.25, -0.2) is 0 Å². The van der Waals surface area contributed by atoms with Crippen LogP contribution in [0.5, 0.6) is 0 Å². The summed E-state index contributed by atoms with van der Waals surface area (Å²) in [6.45, 7) is 3.15. The Hall–Kier alpha value is -0.930. The van der Waals surface area contributed by atoms with E-state index < -0.39 is 0 Å². The van der Waals surface area contributed by atoms with E-state index in [1.807, 2.05) is 18.5 Å². The summed E-state index contributed by atoms with van der Waals surface area (Å²) < 4.78 is 6.40. The van der Waals surface area contributed by atoms with Crippen molar-refractivity contribution in [3.8, 4) is 0 Å². The van der Waals surface area contributed by atoms with E-state index in [1.165, 1.54) is 50.5 Å². The standard InChI is InChI=1S/C17H26N2O/c1-14(15-6-5-11-18-12-15)19-13-16-7-10-17(20-16)8-3-2-4-9-17/h5-6,11-12,14,16,19H,2-4,7-10,13H2,1H3/t14-,16?/m1/s1. The predicted molar refractivity (Wildman–Crippen MR) is 80.6 cm³/mol. The van der Waals surface area contributed by atoms with Crippen molar-refractivity contribution in [3.63, 3.8) is 0 Å². The Morgan fingerprint density at radius 2 is 2.20 bits per heavy atom. The van der Waals surface area contributed by atoms with E-state index >= 15 is 0 Å². The SMILES string of the molecule is C[C@@H](NCC1CCC2(CCCCC2)O1)c1cccnc1. The van der Waals surface area contributed by atoms with Crippen molar-refractivity contribution in [2.75, 3.05) is 6.54 Å². The number of nitrogens with zero attached hydrogens (tertiary/aromatic N) is 1. The minimum absolute atomic E-state index is 0.238. The van der Waals surface area contributed by atoms with Gasteiger partial charge in [0.15, 0.2) is 0 Å². The maximum absolute atomic E-state index is 6.40. The highest BCUT2D eigenvalue weighted by Gasteiger charge is 2.40. The minimum atomic E-state index is 0.238. The molecule has 1 N–H and O–H groups in total. The van der Waals surface area contributed by atoms with Gasteiger partial charge in [0, 0.05) is 25.0 Å². The molecular formula is C17H26N2O. The van der Waals surface area contributed by atoms with E-state index in [0.717, 1.165) is 6.54 Å². The Bertz CT molecular complexity index is 414. The van der Waals surface area contributed by atoms with Crippen molar-refractivity contribution < 1.29 is 4.74 Å². The van der Waals surface area contributed by atoms with Gasteiger partial charge in [0.1, 0.15) is 0 Å². The lowest BCUT2D eigenvalue weighted by atomic mass is 9.83. The molecule has 1 aliphatic heterocycles. The Kier molecular flexibility index (Phi) is 4.37. The monoisotopic (exact) mass is 274 g/mol. The molecule has 1 aliphatic carbocycles. The fraction of sp³-hybridized carbons (Fsp3) is 0.706. The summed E-state index contributed by atoms with van der Waals surface area (Å²) in [7, 11) is 0. The molecule has 1 saturated heterocycles. The number of aromatic nitrogens is 1. The third-order valence-corrected chi connectivity index (χ3v) is 4.94. The molecule has 1 aromatic rings. The van der Waals surface area contributed by atoms with E-state index in [-0.39, 0.29) is 5.60 Å². The summed E-state index contributed by atoms with van der Waals surface area (Å²) >= 11 is 0. The lowest BCUT2D eigenvalue weighted by molar-refractivity contribution is -0.0628. The van der Waals surface area contributed by atoms with Crippen LogP contribution in [0, 0.1) is 0 Å². The van der Waals surface area contributed by atoms with Crippen LogP contribution in [0.3, 0.4) is 0 Å². The Morgan fingerprint density at radius 1 is 1.35 bits per heavy atom. The van der Waals surface area contributed by atoms with Gasteiger partial charge in [0.05, 0.1) is 11.7 Å². The van der Waals surface area contributed by atoms with Gasteiger partial charge >= 0.3 is 0 Å². The molecule has 3 rings (SSSR count). The van der Waals surface area contributed by atoms with Gasteiger partial charge in [-0.15, -0.1) is 0 Å². The van der Waals surface area contributed by atoms with Crippen LogP contribution >= 0.6 is 0 Å². The third-order valence-electron chi connectivity index (χ3n) is 4.94. The van der Waals surface area contributed by atoms with Crippen molar-refractivity contribution >= 4 is 0 Å². The molecular weight excluding hydrogens is 248 g/mol. The molecule has 0 radical (unpaired) electrons. The van der Waals surface area contributed by atoms with Crippen molar-refractivity contribution in [1.29, 1.82) is 0 Å². The highest BCUT2D eigenvalue weighted by Crippen LogP contribution is 2.41. The van der Waals surface area contributed by atoms with E-state index in [0.29, 0.717) is 12.1 Å². The number of hydrogen-bond donors (Lipinski definition) is 1. The fourth-order valence-corrected chi connectivity index (χ4v) is 3.66. The summed E-state index contributed by atoms with van der Waals surface area (Å²) in [5.74, 6) is 0. The number of nitrogens with one attached hydrogen (secondary N) is 1. The Labute approximate surface area is 122 Å². The maximum Gasteiger partial charge on any atom is 0.0708 e. The predicted octanol–water partition coefficient (Wildman–Crippen LogP) is 3.61. The largest absolute Gasteiger partial charge is 0.370 e. The zero-order valence-corrected chi connectivity index (χ0v) is 12.5. The lowest BCUT2D eigenvalue weighted by Gasteiger charge is -2.33. The molecule has 1 spiro atoms. The quantitative estimate of drug-likeness (QED) is 0.910. The van der Waals surface area contributed by atoms with E-state index in [9.17, 15) is 0 Å². The number of hydrogen-bond acceptors (Lipinski definition) is 3. The molecule has 2 fully saturated rings. The first-order valence-corrected chi connectivity index (χ1v) is 8.09. The van der Waals surface area contributed by atoms with E-state index in [2.05, 4.69) is 23.3 Å². The first-order valence-electron chi connectivity index (χ1n) is 8.09. The molecule has 0 amide bonds. The second kappa shape index (κ2) is 6.23. The van der Waals surface area contributed by atoms with Gasteiger partial charge in [-0.3, -0.25) is 4.98 Å². The molecule has 110 valence electrons. The average molecular weight is 274 g/mol. The summed E-state index contributed by atoms with van der Waals surface area (Å²) in [5, 5.41) is 3.60. The van der Waals surface area contributed by atoms with Crippen LogP contribution in [0.4, 0.5) is 0 Å². The van der Waals surface area contributed by atoms with Gasteiger partial charge in [-0.1, -0.05) is 25.3 Å². The number of ether oxygens (including phenoxy) is 1. The molecule has 0 aromatic carbocycles. The molecule has 2 heterocycles. The molecule has 2 atom stereocenters. The maximum atomic E-state index is 6.40. The Balaban J connectivity index is 1.48. The van der Waals surface area contributed by atoms with Gasteiger partial charge < -0.3 is 10.1 Å². The lowest BCUT2D eigenvalue weighted by Crippen LogP contribution is -2.35. The summed E-state index contributed by atoms with van der Waals surface area (Å²) in [5.41, 5.74) is 1.49. The highest BCUT2D eigenvalue weighted by atomic mass is 16.5. The third kappa shape index (κ3) is 3.21. The number of pyridine rings is 1. The second-order valence-corrected chi connectivity index (χ2v) is 6.44. The molecule has 3 nitrogen and oxygen atoms in total. The van der Waals surface area contributed by atoms with Crippen molar-refractivity contribution in [2.24, 2.45) is 0 Å². The van der Waals surface area contributed by atoms with Crippen LogP contribution in [0.25, 0.3) is 0 Å². The fourth-order valence-electron chi connectivity index (χ4n) is 3.66. The van der Waals surface area contributed by atoms with Crippen LogP contribution in [-0.2, 0) is 4.74 Å². The summed E-state index contributed by atoms with van der Waals surface area (Å²) in [4.78, 5) is 4.18. The normalized spacial score (nSPS) is 26.8. The smallest absolute Gasteiger partial charge is 0.0708 e. The van der Waals surface area contributed by atoms with Crippen molar-refractivity contribution in [3.05, 3.63) is 30.1 Å². The van der Waals surface area contributed by atoms with Crippen molar-refractivity contribution in [1.82, 2.24) is 10.3 Å². The van der Waals surface area contributed by atoms with E-state index in [1.54, 1.807) is 0 Å². The molecule has 20 heavy (non-hydrogen) atoms. The average Bonchev–Trinajstić information content (AvgIpc) is 2.89. The van der Waals surface area contributed by atoms with Crippen LogP contribution < -0.4 is 5.32 Å². The van der Waals surface area contributed by atoms with Gasteiger partial charge in [-0.05, 0) is 44.2 Å². The van der Waals surface area contributed by atoms with Gasteiger partial charge in [0.25, 0.3) is 0 Å². The number of rotatable bonds is 4. The summed E-state index contributed by atoms with van der Waals surface area (Å²) in [6, 6.07) is 4.47. The van der Waals surface area contributed by atoms with Crippen LogP contribution in [0.1, 0.15) is 63.5 Å². The topological polar surface area (TPSA) is 34.1 Å². The zero-order chi connectivity index (χ0) is 13.8. The summed E-state index contributed by atoms with van der Waals surface area (Å²) in [6.07, 6.45) is 13.3. The highest BCUT2D eigenvalue weighted by molar-refractivity contribution is 5.12. The van der Waals surface area contributed by atoms with Crippen LogP contribution in [0.15, 0.2) is 24.5 Å². The van der Waals surface area contributed by atoms with E-state index in [4.69, 9.17) is 4.74 Å². The van der Waals surface area contributed by atoms with Crippen LogP contribution in [-0.4, -0.2) is 23.2 Å². The van der Waals surface area contributed by atoms with Crippen LogP contribution in [0.2, 0.25) is 0 Å². The molecule has 1 unspecified atom stereocenters. The molecule has 0 bridgehead atoms.